The Kier molecular flexibility index (Phi) is 7.73. The molecule has 0 unspecified atom stereocenters. The van der Waals surface area contributed by atoms with Crippen molar-refractivity contribution in [1.29, 1.82) is 0 Å². The van der Waals surface area contributed by atoms with Gasteiger partial charge in [-0.15, -0.1) is 11.3 Å². The van der Waals surface area contributed by atoms with E-state index in [1.165, 1.54) is 29.2 Å². The number of nitrogens with zero attached hydrogens (tertiary/aromatic N) is 3. The average Bonchev–Trinajstić information content (AvgIpc) is 3.40. The lowest BCUT2D eigenvalue weighted by Crippen LogP contribution is -2.38. The van der Waals surface area contributed by atoms with Gasteiger partial charge in [0, 0.05) is 29.6 Å². The van der Waals surface area contributed by atoms with Crippen LogP contribution in [0.15, 0.2) is 94.2 Å². The summed E-state index contributed by atoms with van der Waals surface area (Å²) < 4.78 is 41.7. The van der Waals surface area contributed by atoms with Crippen molar-refractivity contribution in [2.45, 2.75) is 24.2 Å². The molecule has 190 valence electrons. The SMILES string of the molecule is O=S(=O)(c1ccc(-c2csc(N/N=C/c3ccccc3F)n2)cc1)N1CCC(Cc2ccccc2)CC1. The van der Waals surface area contributed by atoms with Crippen molar-refractivity contribution in [2.24, 2.45) is 11.0 Å². The summed E-state index contributed by atoms with van der Waals surface area (Å²) in [5.74, 6) is 0.152. The number of hydrogen-bond acceptors (Lipinski definition) is 6. The molecular weight excluding hydrogens is 507 g/mol. The fraction of sp³-hybridized carbons (Fsp3) is 0.214. The number of nitrogens with one attached hydrogen (secondary N) is 1. The van der Waals surface area contributed by atoms with Crippen LogP contribution in [0.5, 0.6) is 0 Å². The van der Waals surface area contributed by atoms with Crippen LogP contribution in [-0.2, 0) is 16.4 Å². The Morgan fingerprint density at radius 3 is 2.43 bits per heavy atom. The van der Waals surface area contributed by atoms with Crippen LogP contribution >= 0.6 is 11.3 Å². The van der Waals surface area contributed by atoms with E-state index in [1.54, 1.807) is 46.8 Å². The van der Waals surface area contributed by atoms with Crippen LogP contribution in [0.3, 0.4) is 0 Å². The van der Waals surface area contributed by atoms with Crippen LogP contribution in [0, 0.1) is 11.7 Å². The normalized spacial score (nSPS) is 15.3. The zero-order chi connectivity index (χ0) is 25.7. The molecule has 0 radical (unpaired) electrons. The molecule has 3 aromatic carbocycles. The number of benzene rings is 3. The van der Waals surface area contributed by atoms with Gasteiger partial charge in [0.15, 0.2) is 0 Å². The van der Waals surface area contributed by atoms with Gasteiger partial charge in [0.25, 0.3) is 0 Å². The molecule has 0 atom stereocenters. The van der Waals surface area contributed by atoms with E-state index in [0.717, 1.165) is 24.8 Å². The van der Waals surface area contributed by atoms with Crippen LogP contribution in [0.25, 0.3) is 11.3 Å². The maximum absolute atomic E-state index is 13.7. The second-order valence-electron chi connectivity index (χ2n) is 8.99. The van der Waals surface area contributed by atoms with Gasteiger partial charge in [0.05, 0.1) is 16.8 Å². The maximum Gasteiger partial charge on any atom is 0.243 e. The summed E-state index contributed by atoms with van der Waals surface area (Å²) in [7, 11) is -3.54. The average molecular weight is 535 g/mol. The van der Waals surface area contributed by atoms with Crippen LogP contribution in [0.4, 0.5) is 9.52 Å². The number of anilines is 1. The molecule has 5 rings (SSSR count). The lowest BCUT2D eigenvalue weighted by Gasteiger charge is -2.31. The fourth-order valence-corrected chi connectivity index (χ4v) is 6.58. The van der Waals surface area contributed by atoms with Gasteiger partial charge in [-0.1, -0.05) is 60.7 Å². The third-order valence-corrected chi connectivity index (χ3v) is 9.16. The number of sulfonamides is 1. The molecule has 1 aromatic heterocycles. The van der Waals surface area contributed by atoms with Gasteiger partial charge in [0.2, 0.25) is 15.2 Å². The van der Waals surface area contributed by atoms with Crippen molar-refractivity contribution >= 4 is 32.7 Å². The first-order valence-electron chi connectivity index (χ1n) is 12.1. The summed E-state index contributed by atoms with van der Waals surface area (Å²) in [5, 5.41) is 6.47. The molecular formula is C28H27FN4O2S2. The molecule has 9 heteroatoms. The van der Waals surface area contributed by atoms with E-state index in [2.05, 4.69) is 27.6 Å². The van der Waals surface area contributed by atoms with E-state index >= 15 is 0 Å². The highest BCUT2D eigenvalue weighted by atomic mass is 32.2. The first-order valence-corrected chi connectivity index (χ1v) is 14.4. The Balaban J connectivity index is 1.19. The molecule has 2 heterocycles. The topological polar surface area (TPSA) is 74.7 Å². The van der Waals surface area contributed by atoms with E-state index in [0.29, 0.717) is 40.3 Å². The highest BCUT2D eigenvalue weighted by molar-refractivity contribution is 7.89. The van der Waals surface area contributed by atoms with Crippen LogP contribution in [0.1, 0.15) is 24.0 Å². The van der Waals surface area contributed by atoms with Crippen LogP contribution in [0.2, 0.25) is 0 Å². The Bertz CT molecular complexity index is 1460. The predicted octanol–water partition coefficient (Wildman–Crippen LogP) is 6.04. The number of thiazole rings is 1. The largest absolute Gasteiger partial charge is 0.253 e. The van der Waals surface area contributed by atoms with Crippen molar-refractivity contribution in [1.82, 2.24) is 9.29 Å². The summed E-state index contributed by atoms with van der Waals surface area (Å²) in [4.78, 5) is 4.79. The Hall–Kier alpha value is -3.40. The lowest BCUT2D eigenvalue weighted by atomic mass is 9.91. The standard InChI is InChI=1S/C28H27FN4O2S2/c29-26-9-5-4-8-24(26)19-30-32-28-31-27(20-36-28)23-10-12-25(13-11-23)37(34,35)33-16-14-22(15-17-33)18-21-6-2-1-3-7-21/h1-13,19-20,22H,14-18H2,(H,31,32)/b30-19+. The van der Waals surface area contributed by atoms with Crippen LogP contribution in [-0.4, -0.2) is 37.0 Å². The summed E-state index contributed by atoms with van der Waals surface area (Å²) in [5.41, 5.74) is 6.01. The van der Waals surface area contributed by atoms with E-state index in [4.69, 9.17) is 0 Å². The molecule has 0 aliphatic carbocycles. The molecule has 1 fully saturated rings. The fourth-order valence-electron chi connectivity index (χ4n) is 4.44. The Labute approximate surface area is 220 Å². The minimum Gasteiger partial charge on any atom is -0.253 e. The molecule has 0 bridgehead atoms. The van der Waals surface area contributed by atoms with Crippen LogP contribution < -0.4 is 5.43 Å². The van der Waals surface area contributed by atoms with Crippen molar-refractivity contribution in [3.63, 3.8) is 0 Å². The quantitative estimate of drug-likeness (QED) is 0.221. The number of hydrogen-bond donors (Lipinski definition) is 1. The predicted molar refractivity (Wildman–Crippen MR) is 147 cm³/mol. The van der Waals surface area contributed by atoms with Gasteiger partial charge in [-0.3, -0.25) is 5.43 Å². The molecule has 6 nitrogen and oxygen atoms in total. The van der Waals surface area contributed by atoms with Gasteiger partial charge in [0.1, 0.15) is 5.82 Å². The molecule has 4 aromatic rings. The third kappa shape index (κ3) is 6.12. The van der Waals surface area contributed by atoms with Gasteiger partial charge < -0.3 is 0 Å². The summed E-state index contributed by atoms with van der Waals surface area (Å²) in [6.45, 7) is 1.08. The van der Waals surface area contributed by atoms with Crippen molar-refractivity contribution < 1.29 is 12.8 Å². The first kappa shape index (κ1) is 25.3. The first-order chi connectivity index (χ1) is 18.0. The molecule has 0 amide bonds. The smallest absolute Gasteiger partial charge is 0.243 e. The molecule has 1 N–H and O–H groups in total. The second-order valence-corrected chi connectivity index (χ2v) is 11.8. The highest BCUT2D eigenvalue weighted by Gasteiger charge is 2.29. The number of halogens is 1. The maximum atomic E-state index is 13.7. The molecule has 0 spiro atoms. The van der Waals surface area contributed by atoms with E-state index < -0.39 is 10.0 Å². The van der Waals surface area contributed by atoms with E-state index in [9.17, 15) is 12.8 Å². The van der Waals surface area contributed by atoms with E-state index in [1.807, 2.05) is 23.6 Å². The number of hydrazone groups is 1. The Morgan fingerprint density at radius 1 is 1.00 bits per heavy atom. The van der Waals surface area contributed by atoms with Gasteiger partial charge >= 0.3 is 0 Å². The molecule has 1 aliphatic rings. The third-order valence-electron chi connectivity index (χ3n) is 6.50. The second kappa shape index (κ2) is 11.3. The minimum atomic E-state index is -3.54. The van der Waals surface area contributed by atoms with Crippen molar-refractivity contribution in [3.8, 4) is 11.3 Å². The monoisotopic (exact) mass is 534 g/mol. The zero-order valence-corrected chi connectivity index (χ0v) is 21.8. The number of rotatable bonds is 8. The summed E-state index contributed by atoms with van der Waals surface area (Å²) >= 11 is 1.36. The highest BCUT2D eigenvalue weighted by Crippen LogP contribution is 2.29. The van der Waals surface area contributed by atoms with E-state index in [-0.39, 0.29) is 5.82 Å². The van der Waals surface area contributed by atoms with Gasteiger partial charge in [-0.25, -0.2) is 17.8 Å². The Morgan fingerprint density at radius 2 is 1.70 bits per heavy atom. The summed E-state index contributed by atoms with van der Waals surface area (Å²) in [6.07, 6.45) is 4.11. The minimum absolute atomic E-state index is 0.292. The number of aromatic nitrogens is 1. The molecule has 37 heavy (non-hydrogen) atoms. The molecule has 0 saturated carbocycles. The summed E-state index contributed by atoms with van der Waals surface area (Å²) in [6, 6.07) is 23.6. The van der Waals surface area contributed by atoms with Crippen molar-refractivity contribution in [3.05, 3.63) is 101 Å². The molecule has 1 saturated heterocycles. The number of piperidine rings is 1. The van der Waals surface area contributed by atoms with Gasteiger partial charge in [-0.05, 0) is 48.9 Å². The van der Waals surface area contributed by atoms with Crippen molar-refractivity contribution in [2.75, 3.05) is 18.5 Å². The van der Waals surface area contributed by atoms with Gasteiger partial charge in [-0.2, -0.15) is 9.41 Å². The molecule has 1 aliphatic heterocycles. The lowest BCUT2D eigenvalue weighted by molar-refractivity contribution is 0.273. The zero-order valence-electron chi connectivity index (χ0n) is 20.1.